The van der Waals surface area contributed by atoms with Gasteiger partial charge in [0.25, 0.3) is 0 Å². The van der Waals surface area contributed by atoms with Crippen LogP contribution < -0.4 is 21.7 Å². The van der Waals surface area contributed by atoms with Gasteiger partial charge in [0.15, 0.2) is 0 Å². The number of nitrogens with two attached hydrogens (primary N) is 1. The van der Waals surface area contributed by atoms with Crippen molar-refractivity contribution in [2.24, 2.45) is 5.73 Å². The standard InChI is InChI=1S/C11H24N4O2/c1-3-5-9(15-11(12)17)10(16)14-8-7-13-6-4-2/h9,13H,3-8H2,1-2H3,(H,14,16)(H3,12,15,17)/t9-/m1/s1. The van der Waals surface area contributed by atoms with Crippen molar-refractivity contribution in [2.75, 3.05) is 19.6 Å². The summed E-state index contributed by atoms with van der Waals surface area (Å²) in [5, 5.41) is 8.37. The van der Waals surface area contributed by atoms with Crippen LogP contribution in [0, 0.1) is 0 Å². The molecule has 0 bridgehead atoms. The van der Waals surface area contributed by atoms with Crippen LogP contribution in [0.4, 0.5) is 4.79 Å². The lowest BCUT2D eigenvalue weighted by Gasteiger charge is -2.16. The van der Waals surface area contributed by atoms with E-state index in [1.807, 2.05) is 6.92 Å². The highest BCUT2D eigenvalue weighted by molar-refractivity contribution is 5.86. The third-order valence-electron chi connectivity index (χ3n) is 2.24. The van der Waals surface area contributed by atoms with Gasteiger partial charge in [-0.3, -0.25) is 4.79 Å². The molecule has 100 valence electrons. The maximum atomic E-state index is 11.7. The van der Waals surface area contributed by atoms with Crippen LogP contribution in [0.2, 0.25) is 0 Å². The number of carbonyl (C=O) groups is 2. The maximum absolute atomic E-state index is 11.7. The molecule has 1 atom stereocenters. The molecule has 0 aromatic heterocycles. The van der Waals surface area contributed by atoms with Crippen LogP contribution in [0.3, 0.4) is 0 Å². The van der Waals surface area contributed by atoms with Crippen molar-refractivity contribution in [2.45, 2.75) is 39.2 Å². The molecule has 0 saturated carbocycles. The highest BCUT2D eigenvalue weighted by Crippen LogP contribution is 1.96. The summed E-state index contributed by atoms with van der Waals surface area (Å²) in [6.07, 6.45) is 2.47. The number of carbonyl (C=O) groups excluding carboxylic acids is 2. The zero-order valence-electron chi connectivity index (χ0n) is 10.7. The van der Waals surface area contributed by atoms with E-state index in [-0.39, 0.29) is 5.91 Å². The van der Waals surface area contributed by atoms with E-state index in [1.54, 1.807) is 0 Å². The number of urea groups is 1. The van der Waals surface area contributed by atoms with Crippen LogP contribution in [0.5, 0.6) is 0 Å². The molecule has 3 amide bonds. The molecule has 6 nitrogen and oxygen atoms in total. The molecule has 0 saturated heterocycles. The molecule has 0 rings (SSSR count). The lowest BCUT2D eigenvalue weighted by atomic mass is 10.1. The summed E-state index contributed by atoms with van der Waals surface area (Å²) in [6.45, 7) is 6.26. The van der Waals surface area contributed by atoms with E-state index >= 15 is 0 Å². The molecule has 0 fully saturated rings. The zero-order valence-corrected chi connectivity index (χ0v) is 10.7. The molecule has 5 N–H and O–H groups in total. The first-order valence-electron chi connectivity index (χ1n) is 6.16. The summed E-state index contributed by atoms with van der Waals surface area (Å²) in [4.78, 5) is 22.4. The largest absolute Gasteiger partial charge is 0.353 e. The predicted octanol–water partition coefficient (Wildman–Crippen LogP) is -0.0608. The van der Waals surface area contributed by atoms with Gasteiger partial charge in [0, 0.05) is 13.1 Å². The van der Waals surface area contributed by atoms with Crippen LogP contribution >= 0.6 is 0 Å². The molecule has 0 heterocycles. The molecule has 0 unspecified atom stereocenters. The average Bonchev–Trinajstić information content (AvgIpc) is 2.27. The fourth-order valence-corrected chi connectivity index (χ4v) is 1.43. The van der Waals surface area contributed by atoms with Crippen molar-refractivity contribution in [3.8, 4) is 0 Å². The van der Waals surface area contributed by atoms with Crippen molar-refractivity contribution < 1.29 is 9.59 Å². The van der Waals surface area contributed by atoms with Crippen molar-refractivity contribution in [1.29, 1.82) is 0 Å². The number of rotatable bonds is 9. The Morgan fingerprint density at radius 2 is 1.82 bits per heavy atom. The first-order chi connectivity index (χ1) is 8.11. The molecule has 0 aliphatic rings. The zero-order chi connectivity index (χ0) is 13.1. The van der Waals surface area contributed by atoms with Crippen LogP contribution in [-0.2, 0) is 4.79 Å². The van der Waals surface area contributed by atoms with Gasteiger partial charge >= 0.3 is 6.03 Å². The topological polar surface area (TPSA) is 96.2 Å². The third kappa shape index (κ3) is 8.50. The monoisotopic (exact) mass is 244 g/mol. The second-order valence-electron chi connectivity index (χ2n) is 3.89. The van der Waals surface area contributed by atoms with Gasteiger partial charge in [-0.25, -0.2) is 4.79 Å². The fourth-order valence-electron chi connectivity index (χ4n) is 1.43. The lowest BCUT2D eigenvalue weighted by Crippen LogP contribution is -2.49. The molecule has 0 aliphatic heterocycles. The van der Waals surface area contributed by atoms with E-state index in [0.717, 1.165) is 25.9 Å². The van der Waals surface area contributed by atoms with E-state index in [0.29, 0.717) is 13.0 Å². The van der Waals surface area contributed by atoms with Crippen molar-refractivity contribution >= 4 is 11.9 Å². The minimum atomic E-state index is -0.664. The van der Waals surface area contributed by atoms with Gasteiger partial charge in [-0.1, -0.05) is 20.3 Å². The highest BCUT2D eigenvalue weighted by atomic mass is 16.2. The first-order valence-corrected chi connectivity index (χ1v) is 6.16. The number of primary amides is 1. The van der Waals surface area contributed by atoms with Crippen molar-refractivity contribution in [3.05, 3.63) is 0 Å². The van der Waals surface area contributed by atoms with Gasteiger partial charge in [-0.05, 0) is 19.4 Å². The summed E-state index contributed by atoms with van der Waals surface area (Å²) in [6, 6.07) is -1.19. The normalized spacial score (nSPS) is 11.9. The highest BCUT2D eigenvalue weighted by Gasteiger charge is 2.17. The van der Waals surface area contributed by atoms with Gasteiger partial charge in [0.05, 0.1) is 0 Å². The lowest BCUT2D eigenvalue weighted by molar-refractivity contribution is -0.123. The Morgan fingerprint density at radius 3 is 2.35 bits per heavy atom. The first kappa shape index (κ1) is 15.7. The van der Waals surface area contributed by atoms with Crippen molar-refractivity contribution in [1.82, 2.24) is 16.0 Å². The Kier molecular flexibility index (Phi) is 9.14. The third-order valence-corrected chi connectivity index (χ3v) is 2.24. The number of hydrogen-bond acceptors (Lipinski definition) is 3. The van der Waals surface area contributed by atoms with E-state index in [9.17, 15) is 9.59 Å². The van der Waals surface area contributed by atoms with Crippen LogP contribution in [0.15, 0.2) is 0 Å². The Morgan fingerprint density at radius 1 is 1.12 bits per heavy atom. The summed E-state index contributed by atoms with van der Waals surface area (Å²) < 4.78 is 0. The summed E-state index contributed by atoms with van der Waals surface area (Å²) >= 11 is 0. The van der Waals surface area contributed by atoms with E-state index in [1.165, 1.54) is 0 Å². The maximum Gasteiger partial charge on any atom is 0.312 e. The van der Waals surface area contributed by atoms with Crippen LogP contribution in [0.25, 0.3) is 0 Å². The predicted molar refractivity (Wildman–Crippen MR) is 67.6 cm³/mol. The van der Waals surface area contributed by atoms with E-state index in [2.05, 4.69) is 22.9 Å². The molecule has 0 aromatic carbocycles. The molecule has 0 aliphatic carbocycles. The molecular weight excluding hydrogens is 220 g/mol. The van der Waals surface area contributed by atoms with Crippen LogP contribution in [-0.4, -0.2) is 37.6 Å². The molecule has 0 aromatic rings. The quantitative estimate of drug-likeness (QED) is 0.428. The fraction of sp³-hybridized carbons (Fsp3) is 0.818. The summed E-state index contributed by atoms with van der Waals surface area (Å²) in [5.74, 6) is -0.177. The van der Waals surface area contributed by atoms with Gasteiger partial charge in [0.1, 0.15) is 6.04 Å². The van der Waals surface area contributed by atoms with Crippen LogP contribution in [0.1, 0.15) is 33.1 Å². The Balaban J connectivity index is 3.84. The Hall–Kier alpha value is -1.30. The van der Waals surface area contributed by atoms with Gasteiger partial charge in [-0.2, -0.15) is 0 Å². The SMILES string of the molecule is CCCNCCNC(=O)[C@@H](CCC)NC(N)=O. The number of nitrogens with one attached hydrogen (secondary N) is 3. The Labute approximate surface area is 103 Å². The Bertz CT molecular complexity index is 234. The minimum absolute atomic E-state index is 0.177. The second kappa shape index (κ2) is 9.89. The van der Waals surface area contributed by atoms with E-state index in [4.69, 9.17) is 5.73 Å². The molecule has 17 heavy (non-hydrogen) atoms. The van der Waals surface area contributed by atoms with Gasteiger partial charge in [-0.15, -0.1) is 0 Å². The smallest absolute Gasteiger partial charge is 0.312 e. The molecule has 6 heteroatoms. The number of amides is 3. The van der Waals surface area contributed by atoms with Gasteiger partial charge < -0.3 is 21.7 Å². The average molecular weight is 244 g/mol. The summed E-state index contributed by atoms with van der Waals surface area (Å²) in [7, 11) is 0. The summed E-state index contributed by atoms with van der Waals surface area (Å²) in [5.41, 5.74) is 5.01. The van der Waals surface area contributed by atoms with Crippen molar-refractivity contribution in [3.63, 3.8) is 0 Å². The molecule has 0 spiro atoms. The number of hydrogen-bond donors (Lipinski definition) is 4. The molecular formula is C11H24N4O2. The second-order valence-corrected chi connectivity index (χ2v) is 3.89. The van der Waals surface area contributed by atoms with E-state index < -0.39 is 12.1 Å². The molecule has 0 radical (unpaired) electrons. The minimum Gasteiger partial charge on any atom is -0.353 e. The van der Waals surface area contributed by atoms with Gasteiger partial charge in [0.2, 0.25) is 5.91 Å².